The van der Waals surface area contributed by atoms with Gasteiger partial charge >= 0.3 is 0 Å². The summed E-state index contributed by atoms with van der Waals surface area (Å²) in [6.45, 7) is 2.02. The first-order valence-corrected chi connectivity index (χ1v) is 8.35. The minimum absolute atomic E-state index is 0.0220. The second-order valence-corrected chi connectivity index (χ2v) is 6.00. The smallest absolute Gasteiger partial charge is 0.228 e. The minimum atomic E-state index is -0.0220. The number of ether oxygens (including phenoxy) is 1. The maximum Gasteiger partial charge on any atom is 0.228 e. The Balaban J connectivity index is 1.63. The molecule has 0 heterocycles. The normalized spacial score (nSPS) is 13.5. The third-order valence-corrected chi connectivity index (χ3v) is 3.78. The molecule has 1 amide bonds. The van der Waals surface area contributed by atoms with Crippen LogP contribution in [-0.2, 0) is 11.2 Å². The van der Waals surface area contributed by atoms with Crippen molar-refractivity contribution in [2.45, 2.75) is 19.8 Å². The van der Waals surface area contributed by atoms with Gasteiger partial charge in [-0.2, -0.15) is 0 Å². The molecular formula is C22H21NO2. The topological polar surface area (TPSA) is 38.3 Å². The first-order valence-electron chi connectivity index (χ1n) is 8.35. The molecule has 3 rings (SSSR count). The number of carbonyl (C=O) groups is 1. The number of amides is 1. The van der Waals surface area contributed by atoms with Gasteiger partial charge in [0.15, 0.2) is 0 Å². The van der Waals surface area contributed by atoms with E-state index < -0.39 is 0 Å². The number of hydrogen-bond acceptors (Lipinski definition) is 2. The summed E-state index contributed by atoms with van der Waals surface area (Å²) < 4.78 is 5.82. The molecule has 0 saturated heterocycles. The third-order valence-electron chi connectivity index (χ3n) is 3.78. The summed E-state index contributed by atoms with van der Waals surface area (Å²) in [5, 5.41) is 3.00. The zero-order valence-corrected chi connectivity index (χ0v) is 14.2. The molecule has 0 aliphatic heterocycles. The number of nitrogens with one attached hydrogen (secondary N) is 1. The lowest BCUT2D eigenvalue weighted by molar-refractivity contribution is -0.119. The molecule has 126 valence electrons. The summed E-state index contributed by atoms with van der Waals surface area (Å²) in [6.07, 6.45) is 9.13. The third kappa shape index (κ3) is 5.21. The van der Waals surface area contributed by atoms with Crippen molar-refractivity contribution in [3.63, 3.8) is 0 Å². The molecule has 25 heavy (non-hydrogen) atoms. The van der Waals surface area contributed by atoms with Crippen LogP contribution >= 0.6 is 0 Å². The average molecular weight is 331 g/mol. The fourth-order valence-corrected chi connectivity index (χ4v) is 2.64. The molecule has 1 N–H and O–H groups in total. The van der Waals surface area contributed by atoms with Crippen LogP contribution in [0.3, 0.4) is 0 Å². The van der Waals surface area contributed by atoms with Gasteiger partial charge in [0.1, 0.15) is 11.5 Å². The summed E-state index contributed by atoms with van der Waals surface area (Å²) in [4.78, 5) is 12.3. The second kappa shape index (κ2) is 8.15. The van der Waals surface area contributed by atoms with Crippen molar-refractivity contribution in [1.29, 1.82) is 0 Å². The first kappa shape index (κ1) is 16.8. The van der Waals surface area contributed by atoms with Crippen molar-refractivity contribution >= 4 is 5.91 Å². The molecule has 1 aliphatic carbocycles. The van der Waals surface area contributed by atoms with Gasteiger partial charge in [0.05, 0.1) is 6.42 Å². The Labute approximate surface area is 148 Å². The molecule has 0 radical (unpaired) electrons. The largest absolute Gasteiger partial charge is 0.457 e. The molecule has 1 aliphatic rings. The summed E-state index contributed by atoms with van der Waals surface area (Å²) in [6, 6.07) is 17.2. The van der Waals surface area contributed by atoms with Crippen LogP contribution < -0.4 is 10.1 Å². The lowest BCUT2D eigenvalue weighted by atomic mass is 10.1. The van der Waals surface area contributed by atoms with Gasteiger partial charge in [-0.1, -0.05) is 48.6 Å². The van der Waals surface area contributed by atoms with Crippen molar-refractivity contribution in [2.75, 3.05) is 0 Å². The van der Waals surface area contributed by atoms with Crippen molar-refractivity contribution in [3.05, 3.63) is 95.7 Å². The summed E-state index contributed by atoms with van der Waals surface area (Å²) in [7, 11) is 0. The summed E-state index contributed by atoms with van der Waals surface area (Å²) in [5.41, 5.74) is 2.97. The fraction of sp³-hybridized carbons (Fsp3) is 0.136. The van der Waals surface area contributed by atoms with E-state index in [0.717, 1.165) is 34.8 Å². The van der Waals surface area contributed by atoms with Crippen LogP contribution in [0.25, 0.3) is 0 Å². The molecule has 0 saturated carbocycles. The van der Waals surface area contributed by atoms with Crippen LogP contribution in [0.15, 0.2) is 90.2 Å². The predicted octanol–water partition coefficient (Wildman–Crippen LogP) is 4.93. The van der Waals surface area contributed by atoms with Gasteiger partial charge < -0.3 is 10.1 Å². The van der Waals surface area contributed by atoms with Crippen LogP contribution in [-0.4, -0.2) is 5.91 Å². The Morgan fingerprint density at radius 1 is 1.08 bits per heavy atom. The number of allylic oxidation sites excluding steroid dienone is 5. The van der Waals surface area contributed by atoms with Gasteiger partial charge in [-0.25, -0.2) is 0 Å². The van der Waals surface area contributed by atoms with Gasteiger partial charge in [-0.05, 0) is 48.4 Å². The van der Waals surface area contributed by atoms with E-state index in [9.17, 15) is 4.79 Å². The quantitative estimate of drug-likeness (QED) is 0.844. The van der Waals surface area contributed by atoms with Gasteiger partial charge in [0, 0.05) is 12.1 Å². The Bertz CT molecular complexity index is 832. The van der Waals surface area contributed by atoms with Crippen LogP contribution in [0.4, 0.5) is 0 Å². The Morgan fingerprint density at radius 3 is 2.72 bits per heavy atom. The van der Waals surface area contributed by atoms with Crippen molar-refractivity contribution in [2.24, 2.45) is 0 Å². The Morgan fingerprint density at radius 2 is 1.88 bits per heavy atom. The van der Waals surface area contributed by atoms with E-state index in [-0.39, 0.29) is 5.91 Å². The Hall–Kier alpha value is -3.07. The maximum absolute atomic E-state index is 12.3. The van der Waals surface area contributed by atoms with E-state index in [4.69, 9.17) is 4.74 Å². The van der Waals surface area contributed by atoms with Crippen molar-refractivity contribution < 1.29 is 9.53 Å². The van der Waals surface area contributed by atoms with Crippen LogP contribution in [0.2, 0.25) is 0 Å². The highest BCUT2D eigenvalue weighted by molar-refractivity contribution is 5.80. The lowest BCUT2D eigenvalue weighted by Crippen LogP contribution is -2.24. The van der Waals surface area contributed by atoms with Crippen molar-refractivity contribution in [3.8, 4) is 11.5 Å². The monoisotopic (exact) mass is 331 g/mol. The zero-order chi connectivity index (χ0) is 17.5. The van der Waals surface area contributed by atoms with Crippen LogP contribution in [0.1, 0.15) is 18.9 Å². The molecule has 0 atom stereocenters. The molecule has 0 bridgehead atoms. The number of para-hydroxylation sites is 1. The summed E-state index contributed by atoms with van der Waals surface area (Å²) in [5.74, 6) is 1.49. The molecule has 0 spiro atoms. The molecule has 3 heteroatoms. The molecule has 2 aromatic rings. The average Bonchev–Trinajstić information content (AvgIpc) is 2.80. The maximum atomic E-state index is 12.3. The number of benzene rings is 2. The molecule has 2 aromatic carbocycles. The molecule has 3 nitrogen and oxygen atoms in total. The second-order valence-electron chi connectivity index (χ2n) is 6.00. The standard InChI is InChI=1S/C22H21NO2/c1-17-8-5-6-10-19(14-17)23-22(24)16-18-9-7-13-21(15-18)25-20-11-3-2-4-12-20/h2-9,11-15H,10,16H2,1H3,(H,23,24). The highest BCUT2D eigenvalue weighted by atomic mass is 16.5. The molecular weight excluding hydrogens is 310 g/mol. The predicted molar refractivity (Wildman–Crippen MR) is 100 cm³/mol. The van der Waals surface area contributed by atoms with E-state index in [1.165, 1.54) is 0 Å². The molecule has 0 fully saturated rings. The lowest BCUT2D eigenvalue weighted by Gasteiger charge is -2.10. The number of hydrogen-bond donors (Lipinski definition) is 1. The van der Waals surface area contributed by atoms with Gasteiger partial charge in [0.2, 0.25) is 5.91 Å². The number of rotatable bonds is 5. The minimum Gasteiger partial charge on any atom is -0.457 e. The Kier molecular flexibility index (Phi) is 5.47. The van der Waals surface area contributed by atoms with Gasteiger partial charge in [-0.3, -0.25) is 4.79 Å². The van der Waals surface area contributed by atoms with Gasteiger partial charge in [0.25, 0.3) is 0 Å². The van der Waals surface area contributed by atoms with Crippen LogP contribution in [0, 0.1) is 0 Å². The van der Waals surface area contributed by atoms with E-state index >= 15 is 0 Å². The highest BCUT2D eigenvalue weighted by Gasteiger charge is 2.08. The van der Waals surface area contributed by atoms with E-state index in [2.05, 4.69) is 5.32 Å². The van der Waals surface area contributed by atoms with E-state index in [0.29, 0.717) is 6.42 Å². The SMILES string of the molecule is CC1=CC=CCC(NC(=O)Cc2cccc(Oc3ccccc3)c2)=C1. The zero-order valence-electron chi connectivity index (χ0n) is 14.2. The highest BCUT2D eigenvalue weighted by Crippen LogP contribution is 2.22. The molecule has 0 aromatic heterocycles. The first-order chi connectivity index (χ1) is 12.2. The molecule has 0 unspecified atom stereocenters. The van der Waals surface area contributed by atoms with Crippen molar-refractivity contribution in [1.82, 2.24) is 5.32 Å². The van der Waals surface area contributed by atoms with Crippen LogP contribution in [0.5, 0.6) is 11.5 Å². The van der Waals surface area contributed by atoms with E-state index in [1.54, 1.807) is 0 Å². The summed E-state index contributed by atoms with van der Waals surface area (Å²) >= 11 is 0. The van der Waals surface area contributed by atoms with E-state index in [1.807, 2.05) is 85.8 Å². The number of carbonyl (C=O) groups excluding carboxylic acids is 1. The fourth-order valence-electron chi connectivity index (χ4n) is 2.64. The van der Waals surface area contributed by atoms with Gasteiger partial charge in [-0.15, -0.1) is 0 Å².